The summed E-state index contributed by atoms with van der Waals surface area (Å²) in [7, 11) is 1.88. The SMILES string of the molecule is CN1C=C2NCC=C2C(c2cc(N)ccc2Oc2ccccc2C(F)(F)F)=C1. The van der Waals surface area contributed by atoms with Gasteiger partial charge in [0.05, 0.1) is 11.3 Å². The molecule has 0 aromatic heterocycles. The van der Waals surface area contributed by atoms with E-state index in [9.17, 15) is 13.2 Å². The summed E-state index contributed by atoms with van der Waals surface area (Å²) >= 11 is 0. The van der Waals surface area contributed by atoms with Crippen LogP contribution in [0.3, 0.4) is 0 Å². The Labute approximate surface area is 160 Å². The first-order chi connectivity index (χ1) is 13.3. The molecular weight excluding hydrogens is 367 g/mol. The van der Waals surface area contributed by atoms with Crippen LogP contribution >= 0.6 is 0 Å². The second-order valence-corrected chi connectivity index (χ2v) is 6.60. The highest BCUT2D eigenvalue weighted by Gasteiger charge is 2.34. The molecule has 144 valence electrons. The smallest absolute Gasteiger partial charge is 0.419 e. The van der Waals surface area contributed by atoms with Gasteiger partial charge >= 0.3 is 6.18 Å². The minimum atomic E-state index is -4.51. The van der Waals surface area contributed by atoms with Gasteiger partial charge in [-0.05, 0) is 30.3 Å². The molecule has 28 heavy (non-hydrogen) atoms. The van der Waals surface area contributed by atoms with Gasteiger partial charge in [-0.2, -0.15) is 13.2 Å². The minimum Gasteiger partial charge on any atom is -0.456 e. The Kier molecular flexibility index (Phi) is 4.30. The summed E-state index contributed by atoms with van der Waals surface area (Å²) in [6, 6.07) is 10.1. The van der Waals surface area contributed by atoms with Crippen LogP contribution in [-0.2, 0) is 6.18 Å². The Morgan fingerprint density at radius 1 is 1.04 bits per heavy atom. The topological polar surface area (TPSA) is 50.5 Å². The maximum atomic E-state index is 13.4. The van der Waals surface area contributed by atoms with Crippen LogP contribution in [-0.4, -0.2) is 18.5 Å². The molecule has 0 saturated heterocycles. The first kappa shape index (κ1) is 18.0. The lowest BCUT2D eigenvalue weighted by Gasteiger charge is -2.24. The summed E-state index contributed by atoms with van der Waals surface area (Å²) in [4.78, 5) is 1.89. The quantitative estimate of drug-likeness (QED) is 0.750. The molecule has 7 heteroatoms. The standard InChI is InChI=1S/C21H18F3N3O/c1-27-11-16(14-8-9-26-18(14)12-27)15-10-13(25)6-7-19(15)28-20-5-3-2-4-17(20)21(22,23)24/h2-8,10-12,26H,9,25H2,1H3. The molecule has 0 atom stereocenters. The van der Waals surface area contributed by atoms with Gasteiger partial charge in [-0.3, -0.25) is 0 Å². The maximum Gasteiger partial charge on any atom is 0.419 e. The van der Waals surface area contributed by atoms with Crippen molar-refractivity contribution in [2.45, 2.75) is 6.18 Å². The molecule has 4 nitrogen and oxygen atoms in total. The fourth-order valence-corrected chi connectivity index (χ4v) is 3.32. The van der Waals surface area contributed by atoms with Gasteiger partial charge in [-0.25, -0.2) is 0 Å². The Hall–Kier alpha value is -3.35. The van der Waals surface area contributed by atoms with Gasteiger partial charge in [0.25, 0.3) is 0 Å². The zero-order chi connectivity index (χ0) is 19.9. The summed E-state index contributed by atoms with van der Waals surface area (Å²) < 4.78 is 45.8. The third-order valence-electron chi connectivity index (χ3n) is 4.55. The summed E-state index contributed by atoms with van der Waals surface area (Å²) in [5.74, 6) is 0.0553. The molecule has 3 N–H and O–H groups in total. The van der Waals surface area contributed by atoms with Crippen LogP contribution in [0.1, 0.15) is 11.1 Å². The third kappa shape index (κ3) is 3.31. The Balaban J connectivity index is 1.80. The number of ether oxygens (including phenoxy) is 1. The van der Waals surface area contributed by atoms with Crippen LogP contribution in [0.15, 0.2) is 72.2 Å². The molecule has 0 amide bonds. The molecule has 2 aliphatic heterocycles. The van der Waals surface area contributed by atoms with Crippen molar-refractivity contribution in [3.8, 4) is 11.5 Å². The number of rotatable bonds is 3. The van der Waals surface area contributed by atoms with Gasteiger partial charge in [-0.1, -0.05) is 18.2 Å². The lowest BCUT2D eigenvalue weighted by atomic mass is 9.94. The average molecular weight is 385 g/mol. The molecule has 0 unspecified atom stereocenters. The highest BCUT2D eigenvalue weighted by atomic mass is 19.4. The highest BCUT2D eigenvalue weighted by molar-refractivity contribution is 5.88. The molecule has 2 aromatic carbocycles. The molecule has 0 bridgehead atoms. The molecule has 4 rings (SSSR count). The predicted molar refractivity (Wildman–Crippen MR) is 102 cm³/mol. The van der Waals surface area contributed by atoms with E-state index in [0.717, 1.165) is 22.9 Å². The predicted octanol–water partition coefficient (Wildman–Crippen LogP) is 4.74. The summed E-state index contributed by atoms with van der Waals surface area (Å²) in [5, 5.41) is 3.27. The second-order valence-electron chi connectivity index (χ2n) is 6.60. The third-order valence-corrected chi connectivity index (χ3v) is 4.55. The van der Waals surface area contributed by atoms with Crippen LogP contribution in [0.4, 0.5) is 18.9 Å². The number of nitrogen functional groups attached to an aromatic ring is 1. The molecule has 0 saturated carbocycles. The van der Waals surface area contributed by atoms with Gasteiger partial charge in [0.2, 0.25) is 0 Å². The fraction of sp³-hybridized carbons (Fsp3) is 0.143. The number of hydrogen-bond acceptors (Lipinski definition) is 4. The molecular formula is C21H18F3N3O. The molecule has 0 fully saturated rings. The molecule has 2 heterocycles. The van der Waals surface area contributed by atoms with E-state index in [0.29, 0.717) is 23.5 Å². The summed E-state index contributed by atoms with van der Waals surface area (Å²) in [6.45, 7) is 0.682. The van der Waals surface area contributed by atoms with E-state index in [1.165, 1.54) is 18.2 Å². The van der Waals surface area contributed by atoms with Crippen molar-refractivity contribution < 1.29 is 17.9 Å². The number of nitrogens with zero attached hydrogens (tertiary/aromatic N) is 1. The molecule has 0 aliphatic carbocycles. The van der Waals surface area contributed by atoms with Gasteiger partial charge < -0.3 is 20.7 Å². The van der Waals surface area contributed by atoms with E-state index in [-0.39, 0.29) is 5.75 Å². The lowest BCUT2D eigenvalue weighted by molar-refractivity contribution is -0.138. The van der Waals surface area contributed by atoms with Crippen LogP contribution in [0.2, 0.25) is 0 Å². The maximum absolute atomic E-state index is 13.4. The van der Waals surface area contributed by atoms with Crippen molar-refractivity contribution in [2.75, 3.05) is 19.3 Å². The highest BCUT2D eigenvalue weighted by Crippen LogP contribution is 2.43. The van der Waals surface area contributed by atoms with Crippen molar-refractivity contribution >= 4 is 11.3 Å². The van der Waals surface area contributed by atoms with E-state index in [1.807, 2.05) is 30.4 Å². The number of nitrogens with two attached hydrogens (primary N) is 1. The van der Waals surface area contributed by atoms with E-state index in [2.05, 4.69) is 5.32 Å². The molecule has 2 aliphatic rings. The zero-order valence-corrected chi connectivity index (χ0v) is 15.0. The second kappa shape index (κ2) is 6.67. The number of para-hydroxylation sites is 1. The number of halogens is 3. The zero-order valence-electron chi connectivity index (χ0n) is 15.0. The van der Waals surface area contributed by atoms with Crippen LogP contribution in [0.25, 0.3) is 5.57 Å². The van der Waals surface area contributed by atoms with Crippen LogP contribution < -0.4 is 15.8 Å². The van der Waals surface area contributed by atoms with Gasteiger partial charge in [0.15, 0.2) is 0 Å². The van der Waals surface area contributed by atoms with Gasteiger partial charge in [-0.15, -0.1) is 0 Å². The van der Waals surface area contributed by atoms with E-state index >= 15 is 0 Å². The monoisotopic (exact) mass is 385 g/mol. The van der Waals surface area contributed by atoms with E-state index < -0.39 is 11.7 Å². The van der Waals surface area contributed by atoms with Crippen LogP contribution in [0, 0.1) is 0 Å². The number of alkyl halides is 3. The van der Waals surface area contributed by atoms with Crippen molar-refractivity contribution in [3.05, 3.63) is 83.3 Å². The number of benzene rings is 2. The van der Waals surface area contributed by atoms with Gasteiger partial charge in [0.1, 0.15) is 11.5 Å². The first-order valence-corrected chi connectivity index (χ1v) is 8.67. The van der Waals surface area contributed by atoms with Crippen LogP contribution in [0.5, 0.6) is 11.5 Å². The summed E-state index contributed by atoms with van der Waals surface area (Å²) in [5.41, 5.74) is 9.02. The van der Waals surface area contributed by atoms with E-state index in [4.69, 9.17) is 10.5 Å². The van der Waals surface area contributed by atoms with Crippen molar-refractivity contribution in [3.63, 3.8) is 0 Å². The Morgan fingerprint density at radius 2 is 1.82 bits per heavy atom. The molecule has 2 aromatic rings. The average Bonchev–Trinajstić information content (AvgIpc) is 3.10. The first-order valence-electron chi connectivity index (χ1n) is 8.67. The van der Waals surface area contributed by atoms with Gasteiger partial charge in [0, 0.05) is 48.4 Å². The Bertz CT molecular complexity index is 1020. The fourth-order valence-electron chi connectivity index (χ4n) is 3.32. The molecule has 0 radical (unpaired) electrons. The largest absolute Gasteiger partial charge is 0.456 e. The number of hydrogen-bond donors (Lipinski definition) is 2. The van der Waals surface area contributed by atoms with Crippen molar-refractivity contribution in [2.24, 2.45) is 0 Å². The van der Waals surface area contributed by atoms with E-state index in [1.54, 1.807) is 18.2 Å². The van der Waals surface area contributed by atoms with Crippen molar-refractivity contribution in [1.82, 2.24) is 10.2 Å². The normalized spacial score (nSPS) is 16.0. The van der Waals surface area contributed by atoms with Crippen molar-refractivity contribution in [1.29, 1.82) is 0 Å². The number of fused-ring (bicyclic) bond motifs is 1. The molecule has 0 spiro atoms. The number of allylic oxidation sites excluding steroid dienone is 1. The minimum absolute atomic E-state index is 0.250. The Morgan fingerprint density at radius 3 is 2.61 bits per heavy atom. The number of anilines is 1. The summed E-state index contributed by atoms with van der Waals surface area (Å²) in [6.07, 6.45) is 1.37. The number of nitrogens with one attached hydrogen (secondary N) is 1. The lowest BCUT2D eigenvalue weighted by Crippen LogP contribution is -2.17.